The number of carbonyl (C=O) groups is 1. The topological polar surface area (TPSA) is 78.9 Å². The molecule has 1 saturated heterocycles. The second kappa shape index (κ2) is 10.3. The molecule has 2 N–H and O–H groups in total. The van der Waals surface area contributed by atoms with Crippen LogP contribution in [0.2, 0.25) is 0 Å². The van der Waals surface area contributed by atoms with Crippen molar-refractivity contribution in [3.8, 4) is 5.88 Å². The number of carbonyl (C=O) groups excluding carboxylic acids is 1. The maximum Gasteiger partial charge on any atom is 0.227 e. The van der Waals surface area contributed by atoms with Gasteiger partial charge in [0.2, 0.25) is 11.8 Å². The van der Waals surface area contributed by atoms with Crippen LogP contribution in [-0.2, 0) is 17.9 Å². The Bertz CT molecular complexity index is 889. The van der Waals surface area contributed by atoms with Crippen LogP contribution in [0.3, 0.4) is 0 Å². The molecular formula is C24H31N5O2. The number of nitrogens with zero attached hydrogens (tertiary/aromatic N) is 3. The highest BCUT2D eigenvalue weighted by molar-refractivity contribution is 5.95. The lowest BCUT2D eigenvalue weighted by molar-refractivity contribution is -0.117. The first-order valence-electron chi connectivity index (χ1n) is 11.2. The summed E-state index contributed by atoms with van der Waals surface area (Å²) in [5.74, 6) is 1.64. The fourth-order valence-corrected chi connectivity index (χ4v) is 4.07. The molecule has 7 nitrogen and oxygen atoms in total. The fraction of sp³-hybridized carbons (Fsp3) is 0.458. The third-order valence-corrected chi connectivity index (χ3v) is 5.85. The van der Waals surface area contributed by atoms with Crippen molar-refractivity contribution in [3.05, 3.63) is 53.7 Å². The quantitative estimate of drug-likeness (QED) is 0.529. The predicted molar refractivity (Wildman–Crippen MR) is 122 cm³/mol. The minimum absolute atomic E-state index is 0.211. The highest BCUT2D eigenvalue weighted by Gasteiger charge is 2.21. The third kappa shape index (κ3) is 5.75. The van der Waals surface area contributed by atoms with E-state index in [1.165, 1.54) is 12.8 Å². The Hall–Kier alpha value is -3.09. The second-order valence-electron chi connectivity index (χ2n) is 8.12. The number of hydrogen-bond acceptors (Lipinski definition) is 4. The van der Waals surface area contributed by atoms with Crippen LogP contribution in [0.25, 0.3) is 0 Å². The first kappa shape index (κ1) is 21.2. The lowest BCUT2D eigenvalue weighted by Gasteiger charge is -2.16. The van der Waals surface area contributed by atoms with Crippen molar-refractivity contribution < 1.29 is 9.53 Å². The maximum atomic E-state index is 11.9. The van der Waals surface area contributed by atoms with Crippen molar-refractivity contribution in [2.24, 2.45) is 4.99 Å². The lowest BCUT2D eigenvalue weighted by Crippen LogP contribution is -2.36. The molecule has 2 fully saturated rings. The molecule has 2 heterocycles. The van der Waals surface area contributed by atoms with Gasteiger partial charge in [-0.05, 0) is 55.4 Å². The van der Waals surface area contributed by atoms with E-state index < -0.39 is 0 Å². The molecule has 0 bridgehead atoms. The van der Waals surface area contributed by atoms with Crippen molar-refractivity contribution in [2.45, 2.75) is 57.7 Å². The van der Waals surface area contributed by atoms with Crippen molar-refractivity contribution in [3.63, 3.8) is 0 Å². The van der Waals surface area contributed by atoms with Crippen LogP contribution in [0.15, 0.2) is 47.6 Å². The molecule has 1 amide bonds. The third-order valence-electron chi connectivity index (χ3n) is 5.85. The van der Waals surface area contributed by atoms with E-state index in [-0.39, 0.29) is 5.91 Å². The van der Waals surface area contributed by atoms with Gasteiger partial charge >= 0.3 is 0 Å². The number of rotatable bonds is 7. The summed E-state index contributed by atoms with van der Waals surface area (Å²) in [7, 11) is 1.76. The number of hydrogen-bond donors (Lipinski definition) is 2. The van der Waals surface area contributed by atoms with Crippen LogP contribution in [0.1, 0.15) is 49.7 Å². The van der Waals surface area contributed by atoms with Crippen LogP contribution in [0.4, 0.5) is 5.69 Å². The molecule has 4 rings (SSSR count). The van der Waals surface area contributed by atoms with Crippen LogP contribution >= 0.6 is 0 Å². The van der Waals surface area contributed by atoms with E-state index in [1.54, 1.807) is 7.05 Å². The smallest absolute Gasteiger partial charge is 0.227 e. The molecule has 1 aromatic carbocycles. The van der Waals surface area contributed by atoms with Gasteiger partial charge in [-0.1, -0.05) is 18.2 Å². The number of nitrogens with one attached hydrogen (secondary N) is 2. The zero-order chi connectivity index (χ0) is 21.5. The molecule has 0 unspecified atom stereocenters. The molecule has 1 aromatic heterocycles. The molecule has 1 aliphatic carbocycles. The van der Waals surface area contributed by atoms with Crippen molar-refractivity contribution >= 4 is 17.6 Å². The largest absolute Gasteiger partial charge is 0.474 e. The monoisotopic (exact) mass is 421 g/mol. The normalized spacial score (nSPS) is 17.3. The molecule has 1 saturated carbocycles. The molecule has 1 aliphatic heterocycles. The van der Waals surface area contributed by atoms with Gasteiger partial charge in [0.15, 0.2) is 5.96 Å². The maximum absolute atomic E-state index is 11.9. The Morgan fingerprint density at radius 2 is 1.77 bits per heavy atom. The fourth-order valence-electron chi connectivity index (χ4n) is 4.07. The minimum Gasteiger partial charge on any atom is -0.474 e. The van der Waals surface area contributed by atoms with Gasteiger partial charge < -0.3 is 20.3 Å². The van der Waals surface area contributed by atoms with E-state index in [1.807, 2.05) is 47.5 Å². The molecular weight excluding hydrogens is 390 g/mol. The first-order valence-corrected chi connectivity index (χ1v) is 11.2. The van der Waals surface area contributed by atoms with E-state index >= 15 is 0 Å². The number of aliphatic imine (C=N–C) groups is 1. The number of aromatic nitrogens is 1. The van der Waals surface area contributed by atoms with E-state index in [4.69, 9.17) is 4.74 Å². The Labute approximate surface area is 183 Å². The average Bonchev–Trinajstić information content (AvgIpc) is 3.47. The highest BCUT2D eigenvalue weighted by atomic mass is 16.5. The number of ether oxygens (including phenoxy) is 1. The molecule has 0 radical (unpaired) electrons. The van der Waals surface area contributed by atoms with E-state index in [0.717, 1.165) is 48.6 Å². The summed E-state index contributed by atoms with van der Waals surface area (Å²) in [6.45, 7) is 2.10. The number of amides is 1. The molecule has 0 atom stereocenters. The van der Waals surface area contributed by atoms with Gasteiger partial charge in [0.05, 0.1) is 0 Å². The van der Waals surface area contributed by atoms with Gasteiger partial charge in [0.1, 0.15) is 6.10 Å². The number of anilines is 1. The average molecular weight is 422 g/mol. The first-order chi connectivity index (χ1) is 15.2. The van der Waals surface area contributed by atoms with Crippen LogP contribution in [0, 0.1) is 0 Å². The zero-order valence-electron chi connectivity index (χ0n) is 18.1. The lowest BCUT2D eigenvalue weighted by atomic mass is 10.2. The van der Waals surface area contributed by atoms with E-state index in [9.17, 15) is 4.79 Å². The Balaban J connectivity index is 1.23. The summed E-state index contributed by atoms with van der Waals surface area (Å²) >= 11 is 0. The second-order valence-corrected chi connectivity index (χ2v) is 8.12. The summed E-state index contributed by atoms with van der Waals surface area (Å²) in [4.78, 5) is 22.5. The van der Waals surface area contributed by atoms with Crippen LogP contribution in [0.5, 0.6) is 5.88 Å². The van der Waals surface area contributed by atoms with Gasteiger partial charge in [0.25, 0.3) is 0 Å². The van der Waals surface area contributed by atoms with Gasteiger partial charge in [-0.3, -0.25) is 9.79 Å². The van der Waals surface area contributed by atoms with Crippen molar-refractivity contribution in [2.75, 3.05) is 18.5 Å². The van der Waals surface area contributed by atoms with Crippen LogP contribution < -0.4 is 20.3 Å². The molecule has 7 heteroatoms. The summed E-state index contributed by atoms with van der Waals surface area (Å²) < 4.78 is 5.92. The minimum atomic E-state index is 0.211. The van der Waals surface area contributed by atoms with Crippen molar-refractivity contribution in [1.29, 1.82) is 0 Å². The summed E-state index contributed by atoms with van der Waals surface area (Å²) in [5.41, 5.74) is 3.18. The molecule has 2 aromatic rings. The predicted octanol–water partition coefficient (Wildman–Crippen LogP) is 3.40. The zero-order valence-corrected chi connectivity index (χ0v) is 18.1. The molecule has 2 aliphatic rings. The Morgan fingerprint density at radius 3 is 2.39 bits per heavy atom. The van der Waals surface area contributed by atoms with E-state index in [2.05, 4.69) is 20.6 Å². The summed E-state index contributed by atoms with van der Waals surface area (Å²) in [5, 5.41) is 6.64. The van der Waals surface area contributed by atoms with Gasteiger partial charge in [-0.15, -0.1) is 0 Å². The van der Waals surface area contributed by atoms with Gasteiger partial charge in [0, 0.05) is 51.1 Å². The molecule has 164 valence electrons. The van der Waals surface area contributed by atoms with E-state index in [0.29, 0.717) is 31.5 Å². The van der Waals surface area contributed by atoms with Crippen molar-refractivity contribution in [1.82, 2.24) is 15.6 Å². The summed E-state index contributed by atoms with van der Waals surface area (Å²) in [6, 6.07) is 12.1. The number of guanidine groups is 1. The number of pyridine rings is 1. The standard InChI is InChI=1S/C24H31N5O2/c1-25-24(27-15-18-8-11-20(12-9-18)29-14-4-7-23(29)30)28-17-19-10-13-22(26-16-19)31-21-5-2-3-6-21/h8-13,16,21H,2-7,14-15,17H2,1H3,(H2,25,27,28). The van der Waals surface area contributed by atoms with Gasteiger partial charge in [-0.25, -0.2) is 4.98 Å². The highest BCUT2D eigenvalue weighted by Crippen LogP contribution is 2.23. The Morgan fingerprint density at radius 1 is 1.06 bits per heavy atom. The SMILES string of the molecule is CN=C(NCc1ccc(N2CCCC2=O)cc1)NCc1ccc(OC2CCCC2)nc1. The Kier molecular flexibility index (Phi) is 7.02. The van der Waals surface area contributed by atoms with Crippen LogP contribution in [-0.4, -0.2) is 36.5 Å². The van der Waals surface area contributed by atoms with Gasteiger partial charge in [-0.2, -0.15) is 0 Å². The number of benzene rings is 1. The summed E-state index contributed by atoms with van der Waals surface area (Å²) in [6.07, 6.45) is 8.53. The molecule has 31 heavy (non-hydrogen) atoms. The molecule has 0 spiro atoms.